The van der Waals surface area contributed by atoms with Gasteiger partial charge in [-0.15, -0.1) is 0 Å². The molecular weight excluding hydrogens is 248 g/mol. The summed E-state index contributed by atoms with van der Waals surface area (Å²) in [6.07, 6.45) is 3.12. The Labute approximate surface area is 111 Å². The maximum atomic E-state index is 13.6. The highest BCUT2D eigenvalue weighted by Gasteiger charge is 2.48. The minimum atomic E-state index is -0.634. The second kappa shape index (κ2) is 4.58. The highest BCUT2D eigenvalue weighted by molar-refractivity contribution is 5.79. The van der Waals surface area contributed by atoms with E-state index < -0.39 is 17.7 Å². The molecule has 0 aromatic heterocycles. The normalized spacial score (nSPS) is 29.7. The summed E-state index contributed by atoms with van der Waals surface area (Å²) in [6.45, 7) is 1.62. The highest BCUT2D eigenvalue weighted by atomic mass is 19.1. The Morgan fingerprint density at radius 3 is 2.37 bits per heavy atom. The summed E-state index contributed by atoms with van der Waals surface area (Å²) >= 11 is 0. The molecule has 0 spiro atoms. The highest BCUT2D eigenvalue weighted by Crippen LogP contribution is 2.54. The van der Waals surface area contributed by atoms with E-state index >= 15 is 0 Å². The third-order valence-corrected chi connectivity index (χ3v) is 4.41. The Morgan fingerprint density at radius 1 is 1.21 bits per heavy atom. The molecule has 0 aliphatic heterocycles. The molecule has 0 bridgehead atoms. The van der Waals surface area contributed by atoms with Crippen molar-refractivity contribution in [1.82, 2.24) is 5.32 Å². The Bertz CT molecular complexity index is 487. The van der Waals surface area contributed by atoms with Crippen LogP contribution in [-0.4, -0.2) is 5.91 Å². The molecule has 1 aromatic carbocycles. The van der Waals surface area contributed by atoms with Crippen molar-refractivity contribution in [1.29, 1.82) is 0 Å². The number of hydrogen-bond donors (Lipinski definition) is 1. The summed E-state index contributed by atoms with van der Waals surface area (Å²) in [5, 5.41) is 2.74. The first-order valence-electron chi connectivity index (χ1n) is 6.80. The molecule has 3 unspecified atom stereocenters. The average molecular weight is 265 g/mol. The van der Waals surface area contributed by atoms with Crippen LogP contribution in [0.1, 0.15) is 37.8 Å². The zero-order valence-electron chi connectivity index (χ0n) is 10.8. The first kappa shape index (κ1) is 12.6. The van der Waals surface area contributed by atoms with Gasteiger partial charge in [0.15, 0.2) is 0 Å². The SMILES string of the molecule is CC(NC(=O)C1CC2CC2C1)c1c(F)cccc1F. The number of hydrogen-bond acceptors (Lipinski definition) is 1. The van der Waals surface area contributed by atoms with Gasteiger partial charge in [-0.1, -0.05) is 6.07 Å². The average Bonchev–Trinajstić information content (AvgIpc) is 2.95. The third kappa shape index (κ3) is 2.36. The fraction of sp³-hybridized carbons (Fsp3) is 0.533. The molecule has 102 valence electrons. The monoisotopic (exact) mass is 265 g/mol. The van der Waals surface area contributed by atoms with Gasteiger partial charge < -0.3 is 5.32 Å². The topological polar surface area (TPSA) is 29.1 Å². The van der Waals surface area contributed by atoms with Crippen LogP contribution < -0.4 is 5.32 Å². The predicted octanol–water partition coefficient (Wildman–Crippen LogP) is 3.19. The van der Waals surface area contributed by atoms with E-state index in [-0.39, 0.29) is 17.4 Å². The van der Waals surface area contributed by atoms with E-state index in [0.717, 1.165) is 24.7 Å². The molecule has 2 fully saturated rings. The van der Waals surface area contributed by atoms with E-state index in [1.165, 1.54) is 24.6 Å². The zero-order chi connectivity index (χ0) is 13.6. The van der Waals surface area contributed by atoms with Gasteiger partial charge in [-0.3, -0.25) is 4.79 Å². The molecular formula is C15H17F2NO. The fourth-order valence-electron chi connectivity index (χ4n) is 3.26. The van der Waals surface area contributed by atoms with E-state index in [1.807, 2.05) is 0 Å². The molecule has 2 saturated carbocycles. The van der Waals surface area contributed by atoms with Crippen LogP contribution >= 0.6 is 0 Å². The van der Waals surface area contributed by atoms with Crippen molar-refractivity contribution in [3.8, 4) is 0 Å². The van der Waals surface area contributed by atoms with Gasteiger partial charge in [0.2, 0.25) is 5.91 Å². The maximum absolute atomic E-state index is 13.6. The van der Waals surface area contributed by atoms with Crippen molar-refractivity contribution in [2.24, 2.45) is 17.8 Å². The van der Waals surface area contributed by atoms with Crippen molar-refractivity contribution in [2.75, 3.05) is 0 Å². The van der Waals surface area contributed by atoms with Gasteiger partial charge in [0.05, 0.1) is 6.04 Å². The maximum Gasteiger partial charge on any atom is 0.223 e. The second-order valence-corrected chi connectivity index (χ2v) is 5.79. The number of halogens is 2. The molecule has 0 radical (unpaired) electrons. The van der Waals surface area contributed by atoms with Crippen molar-refractivity contribution >= 4 is 5.91 Å². The molecule has 1 aromatic rings. The van der Waals surface area contributed by atoms with Crippen LogP contribution in [0, 0.1) is 29.4 Å². The van der Waals surface area contributed by atoms with Crippen LogP contribution in [0.4, 0.5) is 8.78 Å². The van der Waals surface area contributed by atoms with Gasteiger partial charge in [-0.05, 0) is 50.2 Å². The number of carbonyl (C=O) groups excluding carboxylic acids is 1. The van der Waals surface area contributed by atoms with Crippen LogP contribution in [0.2, 0.25) is 0 Å². The summed E-state index contributed by atoms with van der Waals surface area (Å²) in [5.41, 5.74) is -0.0565. The van der Waals surface area contributed by atoms with Crippen LogP contribution in [-0.2, 0) is 4.79 Å². The van der Waals surface area contributed by atoms with E-state index in [1.54, 1.807) is 6.92 Å². The molecule has 1 N–H and O–H groups in total. The Hall–Kier alpha value is -1.45. The quantitative estimate of drug-likeness (QED) is 0.893. The molecule has 19 heavy (non-hydrogen) atoms. The standard InChI is InChI=1S/C15H17F2NO/c1-8(14-12(16)3-2-4-13(14)17)18-15(19)11-6-9-5-10(9)7-11/h2-4,8-11H,5-7H2,1H3,(H,18,19). The minimum Gasteiger partial charge on any atom is -0.349 e. The lowest BCUT2D eigenvalue weighted by Crippen LogP contribution is -2.33. The summed E-state index contributed by atoms with van der Waals surface area (Å²) < 4.78 is 27.2. The summed E-state index contributed by atoms with van der Waals surface area (Å²) in [4.78, 5) is 12.1. The lowest BCUT2D eigenvalue weighted by Gasteiger charge is -2.19. The van der Waals surface area contributed by atoms with Crippen molar-refractivity contribution in [3.63, 3.8) is 0 Å². The van der Waals surface area contributed by atoms with Gasteiger partial charge in [-0.2, -0.15) is 0 Å². The number of carbonyl (C=O) groups is 1. The predicted molar refractivity (Wildman–Crippen MR) is 67.2 cm³/mol. The van der Waals surface area contributed by atoms with E-state index in [4.69, 9.17) is 0 Å². The van der Waals surface area contributed by atoms with Crippen LogP contribution in [0.3, 0.4) is 0 Å². The lowest BCUT2D eigenvalue weighted by molar-refractivity contribution is -0.125. The molecule has 0 saturated heterocycles. The molecule has 3 rings (SSSR count). The van der Waals surface area contributed by atoms with Crippen LogP contribution in [0.5, 0.6) is 0 Å². The zero-order valence-corrected chi connectivity index (χ0v) is 10.8. The minimum absolute atomic E-state index is 0.0287. The number of amides is 1. The number of nitrogens with one attached hydrogen (secondary N) is 1. The summed E-state index contributed by atoms with van der Waals surface area (Å²) in [7, 11) is 0. The molecule has 2 nitrogen and oxygen atoms in total. The van der Waals surface area contributed by atoms with Crippen LogP contribution in [0.25, 0.3) is 0 Å². The molecule has 3 atom stereocenters. The summed E-state index contributed by atoms with van der Waals surface area (Å²) in [5.74, 6) is 0.181. The first-order valence-corrected chi connectivity index (χ1v) is 6.80. The van der Waals surface area contributed by atoms with Gasteiger partial charge in [0.1, 0.15) is 11.6 Å². The largest absolute Gasteiger partial charge is 0.349 e. The van der Waals surface area contributed by atoms with E-state index in [0.29, 0.717) is 0 Å². The molecule has 2 aliphatic rings. The van der Waals surface area contributed by atoms with Crippen LogP contribution in [0.15, 0.2) is 18.2 Å². The molecule has 4 heteroatoms. The van der Waals surface area contributed by atoms with Gasteiger partial charge in [0.25, 0.3) is 0 Å². The van der Waals surface area contributed by atoms with Gasteiger partial charge >= 0.3 is 0 Å². The smallest absolute Gasteiger partial charge is 0.223 e. The Balaban J connectivity index is 1.67. The van der Waals surface area contributed by atoms with E-state index in [2.05, 4.69) is 5.32 Å². The molecule has 2 aliphatic carbocycles. The Kier molecular flexibility index (Phi) is 3.03. The second-order valence-electron chi connectivity index (χ2n) is 5.79. The molecule has 0 heterocycles. The van der Waals surface area contributed by atoms with Crippen molar-refractivity contribution in [2.45, 2.75) is 32.2 Å². The van der Waals surface area contributed by atoms with Crippen molar-refractivity contribution in [3.05, 3.63) is 35.4 Å². The molecule has 1 amide bonds. The number of benzene rings is 1. The third-order valence-electron chi connectivity index (χ3n) is 4.41. The van der Waals surface area contributed by atoms with E-state index in [9.17, 15) is 13.6 Å². The van der Waals surface area contributed by atoms with Crippen molar-refractivity contribution < 1.29 is 13.6 Å². The lowest BCUT2D eigenvalue weighted by atomic mass is 10.0. The first-order chi connectivity index (χ1) is 9.06. The summed E-state index contributed by atoms with van der Waals surface area (Å²) in [6, 6.07) is 3.12. The Morgan fingerprint density at radius 2 is 1.79 bits per heavy atom. The fourth-order valence-corrected chi connectivity index (χ4v) is 3.26. The number of rotatable bonds is 3. The van der Waals surface area contributed by atoms with Gasteiger partial charge in [-0.25, -0.2) is 8.78 Å². The van der Waals surface area contributed by atoms with Gasteiger partial charge in [0, 0.05) is 11.5 Å². The number of fused-ring (bicyclic) bond motifs is 1.